The number of rotatable bonds is 2. The molecule has 0 aliphatic heterocycles. The van der Waals surface area contributed by atoms with E-state index in [0.29, 0.717) is 0 Å². The smallest absolute Gasteiger partial charge is 0.0149 e. The molecule has 2 aromatic carbocycles. The van der Waals surface area contributed by atoms with Crippen molar-refractivity contribution in [2.75, 3.05) is 0 Å². The maximum atomic E-state index is 2.54. The summed E-state index contributed by atoms with van der Waals surface area (Å²) in [6.45, 7) is 0. The summed E-state index contributed by atoms with van der Waals surface area (Å²) >= 11 is -1.41. The van der Waals surface area contributed by atoms with E-state index in [1.54, 1.807) is 11.1 Å². The van der Waals surface area contributed by atoms with Gasteiger partial charge in [-0.2, -0.15) is 0 Å². The number of fused-ring (bicyclic) bond motifs is 3. The summed E-state index contributed by atoms with van der Waals surface area (Å²) < 4.78 is 5.80. The van der Waals surface area contributed by atoms with E-state index < -0.39 is 21.8 Å². The van der Waals surface area contributed by atoms with Crippen LogP contribution in [0.5, 0.6) is 0 Å². The Kier molecular flexibility index (Phi) is 7.94. The Labute approximate surface area is 170 Å². The Hall–Kier alpha value is -0.400. The second-order valence-electron chi connectivity index (χ2n) is 6.19. The molecule has 2 aliphatic carbocycles. The molecule has 125 valence electrons. The minimum atomic E-state index is -1.41. The van der Waals surface area contributed by atoms with Crippen molar-refractivity contribution in [1.82, 2.24) is 0 Å². The van der Waals surface area contributed by atoms with E-state index in [1.165, 1.54) is 22.3 Å². The van der Waals surface area contributed by atoms with Crippen LogP contribution in [0.3, 0.4) is 0 Å². The second kappa shape index (κ2) is 8.81. The van der Waals surface area contributed by atoms with Crippen LogP contribution in [0.4, 0.5) is 0 Å². The monoisotopic (exact) mass is 451 g/mol. The number of halogens is 2. The van der Waals surface area contributed by atoms with Crippen LogP contribution in [0.15, 0.2) is 60.7 Å². The molecule has 4 rings (SSSR count). The van der Waals surface area contributed by atoms with E-state index >= 15 is 0 Å². The van der Waals surface area contributed by atoms with Gasteiger partial charge < -0.3 is 24.8 Å². The molecule has 24 heavy (non-hydrogen) atoms. The molecular formula is C20H23Cl2SiZr. The summed E-state index contributed by atoms with van der Waals surface area (Å²) in [5.74, 6) is 0. The van der Waals surface area contributed by atoms with Crippen molar-refractivity contribution >= 4 is 16.5 Å². The predicted molar refractivity (Wildman–Crippen MR) is 98.5 cm³/mol. The third-order valence-corrected chi connectivity index (χ3v) is 8.96. The third-order valence-electron chi connectivity index (χ3n) is 4.65. The van der Waals surface area contributed by atoms with Gasteiger partial charge in [0.25, 0.3) is 0 Å². The van der Waals surface area contributed by atoms with Gasteiger partial charge in [-0.15, -0.1) is 0 Å². The molecule has 2 aromatic rings. The molecule has 0 spiro atoms. The van der Waals surface area contributed by atoms with Gasteiger partial charge in [-0.05, 0) is 11.0 Å². The average Bonchev–Trinajstić information content (AvgIpc) is 3.12. The number of allylic oxidation sites excluding steroid dienone is 4. The van der Waals surface area contributed by atoms with Crippen LogP contribution < -0.4 is 24.8 Å². The first-order valence-corrected chi connectivity index (χ1v) is 14.0. The van der Waals surface area contributed by atoms with Gasteiger partial charge >= 0.3 is 135 Å². The van der Waals surface area contributed by atoms with Crippen LogP contribution >= 0.6 is 0 Å². The Morgan fingerprint density at radius 1 is 0.875 bits per heavy atom. The fraction of sp³-hybridized carbons (Fsp3) is 0.200. The summed E-state index contributed by atoms with van der Waals surface area (Å²) in [6.07, 6.45) is 7.85. The summed E-state index contributed by atoms with van der Waals surface area (Å²) in [4.78, 5) is 0. The van der Waals surface area contributed by atoms with Gasteiger partial charge in [0, 0.05) is 0 Å². The average molecular weight is 454 g/mol. The van der Waals surface area contributed by atoms with Crippen molar-refractivity contribution in [3.8, 4) is 11.1 Å². The molecule has 2 aliphatic rings. The second-order valence-corrected chi connectivity index (χ2v) is 12.9. The molecular weight excluding hydrogens is 430 g/mol. The van der Waals surface area contributed by atoms with Gasteiger partial charge in [-0.25, -0.2) is 0 Å². The molecule has 0 aromatic heterocycles. The van der Waals surface area contributed by atoms with E-state index in [0.717, 1.165) is 10.0 Å². The largest absolute Gasteiger partial charge is 1.00 e. The SMILES string of the molecule is [CH3][Zr+2]([CH3])[CH]1c2ccccc2-c2cccc(C3=CC=CC3)c21.[Cl-].[Cl-].[SiH4]. The van der Waals surface area contributed by atoms with Crippen molar-refractivity contribution in [2.24, 2.45) is 0 Å². The van der Waals surface area contributed by atoms with Crippen LogP contribution in [0.25, 0.3) is 16.7 Å². The maximum absolute atomic E-state index is 2.54. The number of hydrogen-bond donors (Lipinski definition) is 0. The van der Waals surface area contributed by atoms with Crippen molar-refractivity contribution in [2.45, 2.75) is 19.3 Å². The van der Waals surface area contributed by atoms with Gasteiger partial charge in [-0.1, -0.05) is 0 Å². The van der Waals surface area contributed by atoms with Gasteiger partial charge in [0.05, 0.1) is 0 Å². The summed E-state index contributed by atoms with van der Waals surface area (Å²) in [5, 5.41) is 0. The normalized spacial score (nSPS) is 16.1. The zero-order valence-electron chi connectivity index (χ0n) is 13.3. The Morgan fingerprint density at radius 3 is 2.21 bits per heavy atom. The first-order valence-electron chi connectivity index (χ1n) is 7.65. The third kappa shape index (κ3) is 3.44. The fourth-order valence-electron chi connectivity index (χ4n) is 3.79. The van der Waals surface area contributed by atoms with E-state index in [1.807, 2.05) is 0 Å². The molecule has 0 heterocycles. The first-order chi connectivity index (χ1) is 10.3. The van der Waals surface area contributed by atoms with Crippen LogP contribution in [-0.4, -0.2) is 11.0 Å². The van der Waals surface area contributed by atoms with E-state index in [2.05, 4.69) is 70.0 Å². The van der Waals surface area contributed by atoms with Crippen molar-refractivity contribution in [3.05, 3.63) is 77.4 Å². The molecule has 4 heteroatoms. The molecule has 0 bridgehead atoms. The fourth-order valence-corrected chi connectivity index (χ4v) is 8.12. The molecule has 0 fully saturated rings. The topological polar surface area (TPSA) is 0 Å². The van der Waals surface area contributed by atoms with Gasteiger partial charge in [-0.3, -0.25) is 0 Å². The van der Waals surface area contributed by atoms with Crippen molar-refractivity contribution in [3.63, 3.8) is 0 Å². The van der Waals surface area contributed by atoms with Crippen molar-refractivity contribution in [1.29, 1.82) is 0 Å². The quantitative estimate of drug-likeness (QED) is 0.479. The number of benzene rings is 2. The Morgan fingerprint density at radius 2 is 1.54 bits per heavy atom. The molecule has 1 unspecified atom stereocenters. The predicted octanol–water partition coefficient (Wildman–Crippen LogP) is -1.63. The van der Waals surface area contributed by atoms with Crippen LogP contribution in [0.1, 0.15) is 26.7 Å². The number of hydrogen-bond acceptors (Lipinski definition) is 0. The standard InChI is InChI=1S/C18H13.2CH3.2ClH.H4Si.Zr/c1-2-7-13(6-1)15-10-5-11-17-16-9-4-3-8-14(16)12-18(15)17;;;;;;/h1-6,8-12H,7H2;2*1H3;2*1H;1H4;/q;;;;;;+2/p-2. The van der Waals surface area contributed by atoms with Gasteiger partial charge in [0.15, 0.2) is 0 Å². The van der Waals surface area contributed by atoms with E-state index in [-0.39, 0.29) is 35.8 Å². The molecule has 0 N–H and O–H groups in total. The first kappa shape index (κ1) is 21.6. The Balaban J connectivity index is 0.000000960. The zero-order chi connectivity index (χ0) is 14.4. The van der Waals surface area contributed by atoms with Crippen LogP contribution in [0.2, 0.25) is 9.26 Å². The molecule has 0 nitrogen and oxygen atoms in total. The molecule has 0 saturated carbocycles. The van der Waals surface area contributed by atoms with Gasteiger partial charge in [0.1, 0.15) is 0 Å². The minimum Gasteiger partial charge on any atom is -1.00 e. The maximum Gasteiger partial charge on any atom is -0.0149 e. The molecule has 0 saturated heterocycles. The zero-order valence-corrected chi connectivity index (χ0v) is 17.3. The van der Waals surface area contributed by atoms with E-state index in [4.69, 9.17) is 0 Å². The Bertz CT molecular complexity index is 781. The molecule has 0 radical (unpaired) electrons. The van der Waals surface area contributed by atoms with Gasteiger partial charge in [0.2, 0.25) is 0 Å². The van der Waals surface area contributed by atoms with Crippen LogP contribution in [-0.2, 0) is 21.8 Å². The summed E-state index contributed by atoms with van der Waals surface area (Å²) in [5.41, 5.74) is 9.18. The summed E-state index contributed by atoms with van der Waals surface area (Å²) in [6, 6.07) is 16.0. The molecule has 1 atom stereocenters. The summed E-state index contributed by atoms with van der Waals surface area (Å²) in [7, 11) is 0. The minimum absolute atomic E-state index is 0. The van der Waals surface area contributed by atoms with Crippen molar-refractivity contribution < 1.29 is 46.6 Å². The van der Waals surface area contributed by atoms with E-state index in [9.17, 15) is 0 Å². The van der Waals surface area contributed by atoms with Crippen LogP contribution in [0, 0.1) is 0 Å². The molecule has 0 amide bonds.